The van der Waals surface area contributed by atoms with E-state index in [0.717, 1.165) is 11.1 Å². The van der Waals surface area contributed by atoms with Gasteiger partial charge in [-0.1, -0.05) is 36.5 Å². The number of likely N-dealkylation sites (N-methyl/N-ethyl adjacent to an activating group) is 1. The van der Waals surface area contributed by atoms with Crippen LogP contribution in [-0.4, -0.2) is 41.0 Å². The number of amides is 1. The smallest absolute Gasteiger partial charge is 0.231 e. The van der Waals surface area contributed by atoms with Crippen LogP contribution in [0.5, 0.6) is 0 Å². The summed E-state index contributed by atoms with van der Waals surface area (Å²) in [4.78, 5) is 12.7. The van der Waals surface area contributed by atoms with Gasteiger partial charge in [-0.2, -0.15) is 0 Å². The number of primary amides is 1. The van der Waals surface area contributed by atoms with Crippen LogP contribution in [0.15, 0.2) is 24.3 Å². The Morgan fingerprint density at radius 3 is 2.39 bits per heavy atom. The number of thiocarbonyl (C=S) groups is 1. The molecule has 0 aliphatic rings. The standard InChI is InChI=1S/C12H17N3O2S/c1-15(7-11(13)17)6-10(16)8-2-4-9(5-3-8)12(14)18/h2-5,10,16H,6-7H2,1H3,(H2,13,17)(H2,14,18). The van der Waals surface area contributed by atoms with Crippen LogP contribution in [0.25, 0.3) is 0 Å². The molecule has 0 aliphatic heterocycles. The Hall–Kier alpha value is -1.50. The average molecular weight is 267 g/mol. The number of carbonyl (C=O) groups excluding carboxylic acids is 1. The molecule has 1 aromatic carbocycles. The van der Waals surface area contributed by atoms with Gasteiger partial charge in [0.1, 0.15) is 4.99 Å². The van der Waals surface area contributed by atoms with Crippen molar-refractivity contribution in [3.05, 3.63) is 35.4 Å². The molecule has 0 bridgehead atoms. The number of benzene rings is 1. The van der Waals surface area contributed by atoms with Crippen LogP contribution in [0, 0.1) is 0 Å². The van der Waals surface area contributed by atoms with Crippen LogP contribution in [0.3, 0.4) is 0 Å². The summed E-state index contributed by atoms with van der Waals surface area (Å²) in [5, 5.41) is 9.98. The first-order chi connectivity index (χ1) is 8.40. The number of hydrogen-bond donors (Lipinski definition) is 3. The van der Waals surface area contributed by atoms with Crippen molar-refractivity contribution >= 4 is 23.1 Å². The molecular weight excluding hydrogens is 250 g/mol. The van der Waals surface area contributed by atoms with E-state index in [-0.39, 0.29) is 6.54 Å². The first-order valence-corrected chi connectivity index (χ1v) is 5.85. The Morgan fingerprint density at radius 2 is 1.94 bits per heavy atom. The van der Waals surface area contributed by atoms with Gasteiger partial charge in [-0.05, 0) is 12.6 Å². The molecule has 1 unspecified atom stereocenters. The molecule has 6 heteroatoms. The Morgan fingerprint density at radius 1 is 1.39 bits per heavy atom. The first kappa shape index (κ1) is 14.6. The van der Waals surface area contributed by atoms with Crippen molar-refractivity contribution < 1.29 is 9.90 Å². The van der Waals surface area contributed by atoms with Crippen molar-refractivity contribution in [2.45, 2.75) is 6.10 Å². The molecule has 5 nitrogen and oxygen atoms in total. The molecule has 0 fully saturated rings. The van der Waals surface area contributed by atoms with Gasteiger partial charge < -0.3 is 16.6 Å². The topological polar surface area (TPSA) is 92.6 Å². The van der Waals surface area contributed by atoms with Crippen molar-refractivity contribution in [1.82, 2.24) is 4.90 Å². The Bertz CT molecular complexity index is 433. The fraction of sp³-hybridized carbons (Fsp3) is 0.333. The zero-order valence-corrected chi connectivity index (χ0v) is 11.0. The minimum atomic E-state index is -0.685. The maximum absolute atomic E-state index is 10.7. The van der Waals surface area contributed by atoms with Gasteiger partial charge in [0, 0.05) is 12.1 Å². The van der Waals surface area contributed by atoms with E-state index in [2.05, 4.69) is 0 Å². The highest BCUT2D eigenvalue weighted by Crippen LogP contribution is 2.14. The van der Waals surface area contributed by atoms with Crippen LogP contribution in [0.2, 0.25) is 0 Å². The summed E-state index contributed by atoms with van der Waals surface area (Å²) in [7, 11) is 1.72. The number of hydrogen-bond acceptors (Lipinski definition) is 4. The third kappa shape index (κ3) is 4.40. The minimum absolute atomic E-state index is 0.113. The molecule has 1 amide bonds. The Labute approximate surface area is 111 Å². The molecule has 0 spiro atoms. The van der Waals surface area contributed by atoms with E-state index in [0.29, 0.717) is 11.5 Å². The van der Waals surface area contributed by atoms with Gasteiger partial charge in [0.2, 0.25) is 5.91 Å². The minimum Gasteiger partial charge on any atom is -0.389 e. The number of carbonyl (C=O) groups is 1. The molecule has 0 saturated heterocycles. The predicted molar refractivity (Wildman–Crippen MR) is 74.0 cm³/mol. The second-order valence-electron chi connectivity index (χ2n) is 4.17. The van der Waals surface area contributed by atoms with Crippen LogP contribution in [0.4, 0.5) is 0 Å². The van der Waals surface area contributed by atoms with Gasteiger partial charge in [0.25, 0.3) is 0 Å². The number of aliphatic hydroxyl groups excluding tert-OH is 1. The Balaban J connectivity index is 2.63. The lowest BCUT2D eigenvalue weighted by Gasteiger charge is -2.19. The van der Waals surface area contributed by atoms with Crippen molar-refractivity contribution in [1.29, 1.82) is 0 Å². The lowest BCUT2D eigenvalue weighted by molar-refractivity contribution is -0.119. The van der Waals surface area contributed by atoms with Gasteiger partial charge in [0.15, 0.2) is 0 Å². The quantitative estimate of drug-likeness (QED) is 0.619. The van der Waals surface area contributed by atoms with Crippen LogP contribution in [-0.2, 0) is 4.79 Å². The lowest BCUT2D eigenvalue weighted by Crippen LogP contribution is -2.33. The molecule has 5 N–H and O–H groups in total. The summed E-state index contributed by atoms with van der Waals surface area (Å²) in [6.07, 6.45) is -0.685. The van der Waals surface area contributed by atoms with Gasteiger partial charge in [-0.25, -0.2) is 0 Å². The monoisotopic (exact) mass is 267 g/mol. The second-order valence-corrected chi connectivity index (χ2v) is 4.60. The van der Waals surface area contributed by atoms with Crippen molar-refractivity contribution in [3.8, 4) is 0 Å². The number of nitrogens with two attached hydrogens (primary N) is 2. The molecule has 0 aliphatic carbocycles. The van der Waals surface area contributed by atoms with E-state index in [1.165, 1.54) is 0 Å². The van der Waals surface area contributed by atoms with E-state index in [1.54, 1.807) is 36.2 Å². The zero-order valence-electron chi connectivity index (χ0n) is 10.2. The molecule has 98 valence electrons. The van der Waals surface area contributed by atoms with Crippen molar-refractivity contribution in [3.63, 3.8) is 0 Å². The summed E-state index contributed by atoms with van der Waals surface area (Å²) >= 11 is 4.84. The summed E-state index contributed by atoms with van der Waals surface area (Å²) in [6, 6.07) is 7.04. The highest BCUT2D eigenvalue weighted by molar-refractivity contribution is 7.80. The van der Waals surface area contributed by atoms with Crippen molar-refractivity contribution in [2.75, 3.05) is 20.1 Å². The molecule has 0 saturated carbocycles. The van der Waals surface area contributed by atoms with Gasteiger partial charge >= 0.3 is 0 Å². The van der Waals surface area contributed by atoms with Gasteiger partial charge in [0.05, 0.1) is 12.6 Å². The van der Waals surface area contributed by atoms with E-state index in [1.807, 2.05) is 0 Å². The molecule has 0 heterocycles. The predicted octanol–water partition coefficient (Wildman–Crippen LogP) is -0.229. The molecule has 1 rings (SSSR count). The lowest BCUT2D eigenvalue weighted by atomic mass is 10.1. The normalized spacial score (nSPS) is 12.4. The number of rotatable bonds is 6. The van der Waals surface area contributed by atoms with Gasteiger partial charge in [-0.3, -0.25) is 9.69 Å². The molecular formula is C12H17N3O2S. The third-order valence-electron chi connectivity index (χ3n) is 2.49. The number of aliphatic hydroxyl groups is 1. The molecule has 0 aromatic heterocycles. The summed E-state index contributed by atoms with van der Waals surface area (Å²) in [6.45, 7) is 0.442. The SMILES string of the molecule is CN(CC(N)=O)CC(O)c1ccc(C(N)=S)cc1. The average Bonchev–Trinajstić information content (AvgIpc) is 2.27. The summed E-state index contributed by atoms with van der Waals surface area (Å²) in [5.41, 5.74) is 12.1. The maximum Gasteiger partial charge on any atom is 0.231 e. The fourth-order valence-corrected chi connectivity index (χ4v) is 1.74. The highest BCUT2D eigenvalue weighted by atomic mass is 32.1. The fourth-order valence-electron chi connectivity index (χ4n) is 1.60. The Kier molecular flexibility index (Phi) is 5.21. The maximum atomic E-state index is 10.7. The van der Waals surface area contributed by atoms with Crippen LogP contribution < -0.4 is 11.5 Å². The van der Waals surface area contributed by atoms with E-state index < -0.39 is 12.0 Å². The molecule has 18 heavy (non-hydrogen) atoms. The van der Waals surface area contributed by atoms with Gasteiger partial charge in [-0.15, -0.1) is 0 Å². The van der Waals surface area contributed by atoms with Crippen LogP contribution in [0.1, 0.15) is 17.2 Å². The van der Waals surface area contributed by atoms with E-state index in [9.17, 15) is 9.90 Å². The molecule has 1 aromatic rings. The van der Waals surface area contributed by atoms with E-state index in [4.69, 9.17) is 23.7 Å². The summed E-state index contributed by atoms with van der Waals surface area (Å²) < 4.78 is 0. The zero-order chi connectivity index (χ0) is 13.7. The second kappa shape index (κ2) is 6.44. The first-order valence-electron chi connectivity index (χ1n) is 5.45. The van der Waals surface area contributed by atoms with Crippen molar-refractivity contribution in [2.24, 2.45) is 11.5 Å². The highest BCUT2D eigenvalue weighted by Gasteiger charge is 2.12. The van der Waals surface area contributed by atoms with Crippen LogP contribution >= 0.6 is 12.2 Å². The van der Waals surface area contributed by atoms with E-state index >= 15 is 0 Å². The molecule has 0 radical (unpaired) electrons. The number of nitrogens with zero attached hydrogens (tertiary/aromatic N) is 1. The third-order valence-corrected chi connectivity index (χ3v) is 2.73. The summed E-state index contributed by atoms with van der Waals surface area (Å²) in [5.74, 6) is -0.423. The molecule has 1 atom stereocenters. The largest absolute Gasteiger partial charge is 0.389 e.